The quantitative estimate of drug-likeness (QED) is 0.256. The van der Waals surface area contributed by atoms with Crippen molar-refractivity contribution in [3.8, 4) is 0 Å². The molecule has 1 heterocycles. The van der Waals surface area contributed by atoms with Crippen molar-refractivity contribution in [1.82, 2.24) is 9.78 Å². The molecule has 0 radical (unpaired) electrons. The fraction of sp³-hybridized carbons (Fsp3) is 0.190. The fourth-order valence-corrected chi connectivity index (χ4v) is 3.32. The van der Waals surface area contributed by atoms with E-state index in [1.807, 2.05) is 26.0 Å². The number of aryl methyl sites for hydroxylation is 1. The summed E-state index contributed by atoms with van der Waals surface area (Å²) in [5, 5.41) is 21.8. The number of aromatic nitrogens is 2. The van der Waals surface area contributed by atoms with E-state index in [-0.39, 0.29) is 5.69 Å². The number of nitrogens with zero attached hydrogens (tertiary/aromatic N) is 3. The Kier molecular flexibility index (Phi) is 6.61. The van der Waals surface area contributed by atoms with Gasteiger partial charge in [0.05, 0.1) is 41.2 Å². The molecule has 0 amide bonds. The summed E-state index contributed by atoms with van der Waals surface area (Å²) in [4.78, 5) is 22.3. The molecule has 0 aliphatic carbocycles. The van der Waals surface area contributed by atoms with Gasteiger partial charge >= 0.3 is 5.97 Å². The van der Waals surface area contributed by atoms with E-state index in [4.69, 9.17) is 17.0 Å². The number of thiocarbonyl (C=S) groups is 1. The molecule has 31 heavy (non-hydrogen) atoms. The smallest absolute Gasteiger partial charge is 0.338 e. The van der Waals surface area contributed by atoms with Crippen LogP contribution in [0.5, 0.6) is 0 Å². The number of hydrogen-bond donors (Lipinski definition) is 2. The first-order valence-electron chi connectivity index (χ1n) is 9.33. The van der Waals surface area contributed by atoms with Crippen LogP contribution in [-0.4, -0.2) is 32.9 Å². The number of carbonyl (C=O) groups excluding carboxylic acids is 1. The number of carbonyl (C=O) groups is 1. The Morgan fingerprint density at radius 2 is 1.84 bits per heavy atom. The molecule has 9 nitrogen and oxygen atoms in total. The van der Waals surface area contributed by atoms with Crippen LogP contribution in [0.4, 0.5) is 17.1 Å². The van der Waals surface area contributed by atoms with Crippen LogP contribution in [0, 0.1) is 24.0 Å². The van der Waals surface area contributed by atoms with E-state index in [1.165, 1.54) is 19.2 Å². The topological polar surface area (TPSA) is 111 Å². The molecule has 0 saturated heterocycles. The Balaban J connectivity index is 1.75. The van der Waals surface area contributed by atoms with Crippen LogP contribution in [-0.2, 0) is 11.3 Å². The van der Waals surface area contributed by atoms with Crippen molar-refractivity contribution < 1.29 is 14.5 Å². The molecule has 0 saturated carbocycles. The molecular weight excluding hydrogens is 418 g/mol. The monoisotopic (exact) mass is 439 g/mol. The van der Waals surface area contributed by atoms with Crippen LogP contribution in [0.15, 0.2) is 48.5 Å². The number of nitro groups is 1. The molecule has 0 aliphatic heterocycles. The third-order valence-corrected chi connectivity index (χ3v) is 4.90. The van der Waals surface area contributed by atoms with Gasteiger partial charge in [0.2, 0.25) is 0 Å². The van der Waals surface area contributed by atoms with E-state index in [9.17, 15) is 14.9 Å². The number of rotatable bonds is 6. The Hall–Kier alpha value is -3.79. The number of nitrogens with one attached hydrogen (secondary N) is 2. The van der Waals surface area contributed by atoms with E-state index < -0.39 is 10.9 Å². The first kappa shape index (κ1) is 21.9. The first-order valence-corrected chi connectivity index (χ1v) is 9.73. The van der Waals surface area contributed by atoms with Crippen molar-refractivity contribution in [2.45, 2.75) is 20.4 Å². The van der Waals surface area contributed by atoms with Crippen LogP contribution in [0.3, 0.4) is 0 Å². The van der Waals surface area contributed by atoms with E-state index in [0.717, 1.165) is 22.6 Å². The molecule has 3 aromatic rings. The van der Waals surface area contributed by atoms with E-state index in [2.05, 4.69) is 15.7 Å². The molecule has 0 unspecified atom stereocenters. The lowest BCUT2D eigenvalue weighted by molar-refractivity contribution is -0.384. The Morgan fingerprint density at radius 1 is 1.16 bits per heavy atom. The number of hydrogen-bond acceptors (Lipinski definition) is 6. The highest BCUT2D eigenvalue weighted by Crippen LogP contribution is 2.22. The van der Waals surface area contributed by atoms with Crippen molar-refractivity contribution in [2.24, 2.45) is 0 Å². The zero-order chi connectivity index (χ0) is 22.5. The van der Waals surface area contributed by atoms with Gasteiger partial charge in [-0.05, 0) is 49.8 Å². The third kappa shape index (κ3) is 5.04. The van der Waals surface area contributed by atoms with Crippen LogP contribution in [0.25, 0.3) is 0 Å². The van der Waals surface area contributed by atoms with Crippen molar-refractivity contribution in [1.29, 1.82) is 0 Å². The van der Waals surface area contributed by atoms with Crippen LogP contribution in [0.1, 0.15) is 27.3 Å². The van der Waals surface area contributed by atoms with Crippen LogP contribution < -0.4 is 10.6 Å². The van der Waals surface area contributed by atoms with Gasteiger partial charge in [-0.2, -0.15) is 5.10 Å². The predicted octanol–water partition coefficient (Wildman–Crippen LogP) is 4.05. The molecule has 0 aliphatic rings. The Bertz CT molecular complexity index is 1140. The van der Waals surface area contributed by atoms with Crippen molar-refractivity contribution >= 4 is 40.4 Å². The van der Waals surface area contributed by atoms with Gasteiger partial charge in [-0.15, -0.1) is 0 Å². The van der Waals surface area contributed by atoms with Crippen molar-refractivity contribution in [2.75, 3.05) is 17.7 Å². The average molecular weight is 439 g/mol. The lowest BCUT2D eigenvalue weighted by Crippen LogP contribution is -2.20. The summed E-state index contributed by atoms with van der Waals surface area (Å²) in [5.41, 5.74) is 4.23. The van der Waals surface area contributed by atoms with Gasteiger partial charge in [0.25, 0.3) is 5.69 Å². The molecule has 160 valence electrons. The molecule has 0 atom stereocenters. The van der Waals surface area contributed by atoms with E-state index in [0.29, 0.717) is 22.9 Å². The molecular formula is C21H21N5O4S. The Labute approximate surface area is 184 Å². The van der Waals surface area contributed by atoms with Gasteiger partial charge in [0.15, 0.2) is 5.11 Å². The van der Waals surface area contributed by atoms with E-state index >= 15 is 0 Å². The second-order valence-corrected chi connectivity index (χ2v) is 7.14. The van der Waals surface area contributed by atoms with Crippen molar-refractivity contribution in [3.05, 3.63) is 81.2 Å². The van der Waals surface area contributed by atoms with Crippen molar-refractivity contribution in [3.63, 3.8) is 0 Å². The first-order chi connectivity index (χ1) is 14.8. The highest BCUT2D eigenvalue weighted by atomic mass is 32.1. The summed E-state index contributed by atoms with van der Waals surface area (Å²) in [6.45, 7) is 4.15. The summed E-state index contributed by atoms with van der Waals surface area (Å²) in [7, 11) is 1.35. The zero-order valence-electron chi connectivity index (χ0n) is 17.2. The summed E-state index contributed by atoms with van der Waals surface area (Å²) < 4.78 is 6.65. The second kappa shape index (κ2) is 9.35. The maximum absolute atomic E-state index is 12.0. The minimum atomic E-state index is -0.459. The van der Waals surface area contributed by atoms with Crippen LogP contribution in [0.2, 0.25) is 0 Å². The standard InChI is InChI=1S/C21H21N5O4S/c1-13-19(23-21(31)22-16-8-10-17(11-9-16)26(28)29)14(2)25(24-13)12-15-6-4-5-7-18(15)20(27)30-3/h4-11H,12H2,1-3H3,(H2,22,23,31). The van der Waals surface area contributed by atoms with Gasteiger partial charge < -0.3 is 15.4 Å². The number of ether oxygens (including phenoxy) is 1. The number of methoxy groups -OCH3 is 1. The SMILES string of the molecule is COC(=O)c1ccccc1Cn1nc(C)c(NC(=S)Nc2ccc([N+](=O)[O-])cc2)c1C. The molecule has 0 spiro atoms. The number of benzene rings is 2. The minimum absolute atomic E-state index is 0.00429. The molecule has 2 aromatic carbocycles. The normalized spacial score (nSPS) is 10.4. The third-order valence-electron chi connectivity index (χ3n) is 4.70. The highest BCUT2D eigenvalue weighted by Gasteiger charge is 2.16. The molecule has 10 heteroatoms. The maximum Gasteiger partial charge on any atom is 0.338 e. The molecule has 2 N–H and O–H groups in total. The molecule has 1 aromatic heterocycles. The van der Waals surface area contributed by atoms with Crippen LogP contribution >= 0.6 is 12.2 Å². The zero-order valence-corrected chi connectivity index (χ0v) is 18.0. The number of anilines is 2. The molecule has 0 fully saturated rings. The molecule has 0 bridgehead atoms. The summed E-state index contributed by atoms with van der Waals surface area (Å²) in [6, 6.07) is 13.2. The summed E-state index contributed by atoms with van der Waals surface area (Å²) >= 11 is 5.38. The highest BCUT2D eigenvalue weighted by molar-refractivity contribution is 7.80. The average Bonchev–Trinajstić information content (AvgIpc) is 3.01. The maximum atomic E-state index is 12.0. The predicted molar refractivity (Wildman–Crippen MR) is 122 cm³/mol. The molecule has 3 rings (SSSR count). The van der Waals surface area contributed by atoms with Gasteiger partial charge in [-0.25, -0.2) is 4.79 Å². The lowest BCUT2D eigenvalue weighted by Gasteiger charge is -2.12. The van der Waals surface area contributed by atoms with E-state index in [1.54, 1.807) is 28.9 Å². The summed E-state index contributed by atoms with van der Waals surface area (Å²) in [5.74, 6) is -0.399. The van der Waals surface area contributed by atoms with Gasteiger partial charge in [0.1, 0.15) is 0 Å². The minimum Gasteiger partial charge on any atom is -0.465 e. The fourth-order valence-electron chi connectivity index (χ4n) is 3.10. The number of esters is 1. The number of nitro benzene ring substituents is 1. The second-order valence-electron chi connectivity index (χ2n) is 6.74. The largest absolute Gasteiger partial charge is 0.465 e. The number of non-ortho nitro benzene ring substituents is 1. The Morgan fingerprint density at radius 3 is 2.48 bits per heavy atom. The van der Waals surface area contributed by atoms with Gasteiger partial charge in [-0.3, -0.25) is 14.8 Å². The van der Waals surface area contributed by atoms with Gasteiger partial charge in [0, 0.05) is 17.8 Å². The van der Waals surface area contributed by atoms with Gasteiger partial charge in [-0.1, -0.05) is 18.2 Å². The lowest BCUT2D eigenvalue weighted by atomic mass is 10.1. The summed E-state index contributed by atoms with van der Waals surface area (Å²) in [6.07, 6.45) is 0.